The first-order valence-electron chi connectivity index (χ1n) is 6.59. The van der Waals surface area contributed by atoms with Crippen LogP contribution in [0.25, 0.3) is 0 Å². The molecule has 1 spiro atoms. The third-order valence-electron chi connectivity index (χ3n) is 3.57. The molecule has 1 heterocycles. The molecule has 1 aliphatic carbocycles. The Bertz CT molecular complexity index is 321. The van der Waals surface area contributed by atoms with Crippen LogP contribution in [0.2, 0.25) is 0 Å². The highest BCUT2D eigenvalue weighted by atomic mass is 16.6. The average molecular weight is 257 g/mol. The largest absolute Gasteiger partial charge is 0.444 e. The first kappa shape index (κ1) is 13.6. The van der Waals surface area contributed by atoms with Crippen LogP contribution in [0.1, 0.15) is 40.0 Å². The molecule has 2 unspecified atom stereocenters. The highest BCUT2D eigenvalue weighted by molar-refractivity contribution is 5.69. The average Bonchev–Trinajstić information content (AvgIpc) is 2.58. The Kier molecular flexibility index (Phi) is 3.56. The van der Waals surface area contributed by atoms with Crippen molar-refractivity contribution in [2.24, 2.45) is 0 Å². The van der Waals surface area contributed by atoms with Gasteiger partial charge in [0.25, 0.3) is 0 Å². The molecule has 0 aromatic rings. The van der Waals surface area contributed by atoms with Crippen molar-refractivity contribution >= 4 is 6.09 Å². The van der Waals surface area contributed by atoms with E-state index in [9.17, 15) is 9.90 Å². The van der Waals surface area contributed by atoms with Crippen molar-refractivity contribution in [2.75, 3.05) is 19.8 Å². The summed E-state index contributed by atoms with van der Waals surface area (Å²) in [5.74, 6) is 0. The maximum Gasteiger partial charge on any atom is 0.410 e. The molecule has 2 rings (SSSR count). The monoisotopic (exact) mass is 257 g/mol. The van der Waals surface area contributed by atoms with Gasteiger partial charge in [-0.15, -0.1) is 0 Å². The molecule has 0 bridgehead atoms. The predicted octanol–water partition coefficient (Wildman–Crippen LogP) is 1.54. The van der Waals surface area contributed by atoms with Gasteiger partial charge in [0.2, 0.25) is 0 Å². The lowest BCUT2D eigenvalue weighted by Gasteiger charge is -2.44. The summed E-state index contributed by atoms with van der Waals surface area (Å²) in [7, 11) is 0. The van der Waals surface area contributed by atoms with E-state index in [2.05, 4.69) is 0 Å². The Labute approximate surface area is 108 Å². The van der Waals surface area contributed by atoms with Gasteiger partial charge < -0.3 is 14.6 Å². The van der Waals surface area contributed by atoms with Crippen LogP contribution in [-0.2, 0) is 9.47 Å². The minimum atomic E-state index is -0.492. The molecule has 1 saturated heterocycles. The molecule has 1 aliphatic heterocycles. The Morgan fingerprint density at radius 2 is 2.22 bits per heavy atom. The lowest BCUT2D eigenvalue weighted by Crippen LogP contribution is -2.58. The van der Waals surface area contributed by atoms with Crippen LogP contribution in [0.15, 0.2) is 0 Å². The summed E-state index contributed by atoms with van der Waals surface area (Å²) < 4.78 is 11.0. The standard InChI is InChI=1S/C13H23NO4/c1-12(2,3)18-11(16)14-6-7-17-9-13(14)5-4-10(15)8-13/h10,15H,4-9H2,1-3H3. The zero-order chi connectivity index (χ0) is 13.4. The molecule has 0 aromatic carbocycles. The van der Waals surface area contributed by atoms with Crippen LogP contribution in [0.5, 0.6) is 0 Å². The third kappa shape index (κ3) is 2.78. The molecule has 2 fully saturated rings. The fourth-order valence-electron chi connectivity index (χ4n) is 2.79. The molecule has 18 heavy (non-hydrogen) atoms. The van der Waals surface area contributed by atoms with Crippen LogP contribution in [0.3, 0.4) is 0 Å². The summed E-state index contributed by atoms with van der Waals surface area (Å²) in [5, 5.41) is 9.74. The fraction of sp³-hybridized carbons (Fsp3) is 0.923. The Hall–Kier alpha value is -0.810. The van der Waals surface area contributed by atoms with Gasteiger partial charge in [0.05, 0.1) is 24.9 Å². The Morgan fingerprint density at radius 3 is 2.78 bits per heavy atom. The highest BCUT2D eigenvalue weighted by Gasteiger charge is 2.48. The van der Waals surface area contributed by atoms with Crippen LogP contribution in [-0.4, -0.2) is 53.1 Å². The van der Waals surface area contributed by atoms with Crippen LogP contribution in [0, 0.1) is 0 Å². The lowest BCUT2D eigenvalue weighted by atomic mass is 9.95. The molecule has 5 heteroatoms. The Morgan fingerprint density at radius 1 is 1.50 bits per heavy atom. The van der Waals surface area contributed by atoms with E-state index in [0.29, 0.717) is 26.2 Å². The molecule has 0 aromatic heterocycles. The SMILES string of the molecule is CC(C)(C)OC(=O)N1CCOCC12CCC(O)C2. The van der Waals surface area contributed by atoms with Crippen molar-refractivity contribution in [1.29, 1.82) is 0 Å². The summed E-state index contributed by atoms with van der Waals surface area (Å²) in [6.07, 6.45) is 1.47. The molecule has 5 nitrogen and oxygen atoms in total. The van der Waals surface area contributed by atoms with Gasteiger partial charge in [-0.05, 0) is 40.0 Å². The van der Waals surface area contributed by atoms with E-state index in [1.807, 2.05) is 20.8 Å². The number of amides is 1. The van der Waals surface area contributed by atoms with Crippen molar-refractivity contribution in [2.45, 2.75) is 57.3 Å². The van der Waals surface area contributed by atoms with Gasteiger partial charge in [0.1, 0.15) is 5.60 Å². The van der Waals surface area contributed by atoms with Crippen molar-refractivity contribution in [3.05, 3.63) is 0 Å². The molecular weight excluding hydrogens is 234 g/mol. The maximum atomic E-state index is 12.2. The van der Waals surface area contributed by atoms with Gasteiger partial charge >= 0.3 is 6.09 Å². The zero-order valence-corrected chi connectivity index (χ0v) is 11.4. The molecule has 1 amide bonds. The lowest BCUT2D eigenvalue weighted by molar-refractivity contribution is -0.0759. The third-order valence-corrected chi connectivity index (χ3v) is 3.57. The quantitative estimate of drug-likeness (QED) is 0.715. The van der Waals surface area contributed by atoms with Crippen molar-refractivity contribution in [1.82, 2.24) is 4.90 Å². The minimum Gasteiger partial charge on any atom is -0.444 e. The Balaban J connectivity index is 2.11. The van der Waals surface area contributed by atoms with Gasteiger partial charge in [-0.25, -0.2) is 4.79 Å². The number of aliphatic hydroxyl groups is 1. The van der Waals surface area contributed by atoms with E-state index in [0.717, 1.165) is 12.8 Å². The van der Waals surface area contributed by atoms with Crippen LogP contribution < -0.4 is 0 Å². The van der Waals surface area contributed by atoms with Crippen molar-refractivity contribution in [3.63, 3.8) is 0 Å². The van der Waals surface area contributed by atoms with E-state index < -0.39 is 5.60 Å². The van der Waals surface area contributed by atoms with Crippen molar-refractivity contribution < 1.29 is 19.4 Å². The fourth-order valence-corrected chi connectivity index (χ4v) is 2.79. The second-order valence-corrected chi connectivity index (χ2v) is 6.31. The van der Waals surface area contributed by atoms with E-state index in [4.69, 9.17) is 9.47 Å². The highest BCUT2D eigenvalue weighted by Crippen LogP contribution is 2.38. The molecule has 2 aliphatic rings. The van der Waals surface area contributed by atoms with E-state index in [1.54, 1.807) is 4.90 Å². The summed E-state index contributed by atoms with van der Waals surface area (Å²) in [5.41, 5.74) is -0.853. The molecule has 104 valence electrons. The van der Waals surface area contributed by atoms with E-state index in [1.165, 1.54) is 0 Å². The molecular formula is C13H23NO4. The number of carbonyl (C=O) groups is 1. The first-order chi connectivity index (χ1) is 8.32. The summed E-state index contributed by atoms with van der Waals surface area (Å²) in [4.78, 5) is 14.0. The smallest absolute Gasteiger partial charge is 0.410 e. The molecule has 1 saturated carbocycles. The predicted molar refractivity (Wildman–Crippen MR) is 66.3 cm³/mol. The van der Waals surface area contributed by atoms with Gasteiger partial charge in [0.15, 0.2) is 0 Å². The number of morpholine rings is 1. The normalized spacial score (nSPS) is 32.9. The number of rotatable bonds is 0. The van der Waals surface area contributed by atoms with Crippen LogP contribution >= 0.6 is 0 Å². The number of carbonyl (C=O) groups excluding carboxylic acids is 1. The number of ether oxygens (including phenoxy) is 2. The van der Waals surface area contributed by atoms with Gasteiger partial charge in [-0.2, -0.15) is 0 Å². The molecule has 0 radical (unpaired) electrons. The van der Waals surface area contributed by atoms with E-state index in [-0.39, 0.29) is 17.7 Å². The number of hydrogen-bond donors (Lipinski definition) is 1. The minimum absolute atomic E-state index is 0.292. The summed E-state index contributed by atoms with van der Waals surface area (Å²) in [6, 6.07) is 0. The number of aliphatic hydroxyl groups excluding tert-OH is 1. The second-order valence-electron chi connectivity index (χ2n) is 6.31. The second kappa shape index (κ2) is 4.70. The van der Waals surface area contributed by atoms with Gasteiger partial charge in [-0.1, -0.05) is 0 Å². The topological polar surface area (TPSA) is 59.0 Å². The van der Waals surface area contributed by atoms with Crippen LogP contribution in [0.4, 0.5) is 4.79 Å². The van der Waals surface area contributed by atoms with E-state index >= 15 is 0 Å². The summed E-state index contributed by atoms with van der Waals surface area (Å²) in [6.45, 7) is 7.17. The van der Waals surface area contributed by atoms with Gasteiger partial charge in [0, 0.05) is 6.54 Å². The molecule has 2 atom stereocenters. The zero-order valence-electron chi connectivity index (χ0n) is 11.4. The number of nitrogens with zero attached hydrogens (tertiary/aromatic N) is 1. The number of hydrogen-bond acceptors (Lipinski definition) is 4. The summed E-state index contributed by atoms with van der Waals surface area (Å²) >= 11 is 0. The van der Waals surface area contributed by atoms with Gasteiger partial charge in [-0.3, -0.25) is 4.90 Å². The first-order valence-corrected chi connectivity index (χ1v) is 6.59. The molecule has 1 N–H and O–H groups in total. The maximum absolute atomic E-state index is 12.2. The van der Waals surface area contributed by atoms with Crippen molar-refractivity contribution in [3.8, 4) is 0 Å².